The first-order valence-electron chi connectivity index (χ1n) is 6.16. The number of hydrogen-bond donors (Lipinski definition) is 2. The Kier molecular flexibility index (Phi) is 4.29. The van der Waals surface area contributed by atoms with Crippen molar-refractivity contribution in [3.8, 4) is 0 Å². The van der Waals surface area contributed by atoms with Crippen molar-refractivity contribution in [3.05, 3.63) is 42.2 Å². The average Bonchev–Trinajstić information content (AvgIpc) is 2.43. The maximum Gasteiger partial charge on any atom is 0.182 e. The van der Waals surface area contributed by atoms with Crippen molar-refractivity contribution >= 4 is 28.1 Å². The van der Waals surface area contributed by atoms with E-state index in [0.29, 0.717) is 5.11 Å². The van der Waals surface area contributed by atoms with E-state index in [1.54, 1.807) is 0 Å². The van der Waals surface area contributed by atoms with Crippen molar-refractivity contribution in [1.29, 1.82) is 0 Å². The lowest BCUT2D eigenvalue weighted by molar-refractivity contribution is 0.498. The molecule has 0 aliphatic rings. The van der Waals surface area contributed by atoms with E-state index >= 15 is 0 Å². The van der Waals surface area contributed by atoms with Gasteiger partial charge in [0.25, 0.3) is 0 Å². The predicted octanol–water partition coefficient (Wildman–Crippen LogP) is 2.24. The van der Waals surface area contributed by atoms with Crippen LogP contribution in [0.25, 0.3) is 10.8 Å². The molecule has 0 saturated heterocycles. The number of hydrazine groups is 1. The van der Waals surface area contributed by atoms with Crippen molar-refractivity contribution in [2.75, 3.05) is 14.1 Å². The van der Waals surface area contributed by atoms with Crippen LogP contribution in [0.3, 0.4) is 0 Å². The molecule has 0 radical (unpaired) electrons. The Morgan fingerprint density at radius 3 is 2.74 bits per heavy atom. The van der Waals surface area contributed by atoms with Crippen LogP contribution in [0.4, 0.5) is 0 Å². The Morgan fingerprint density at radius 2 is 2.00 bits per heavy atom. The molecule has 0 saturated carbocycles. The monoisotopic (exact) mass is 274 g/mol. The van der Waals surface area contributed by atoms with Crippen LogP contribution in [0.1, 0.15) is 18.7 Å². The van der Waals surface area contributed by atoms with E-state index in [4.69, 9.17) is 12.2 Å². The Hall–Kier alpha value is -1.72. The molecular formula is C14H18N4S. The SMILES string of the molecule is C[C@H](NNC(=S)N(C)C)c1nccc2ccccc12. The second-order valence-electron chi connectivity index (χ2n) is 4.61. The van der Waals surface area contributed by atoms with E-state index < -0.39 is 0 Å². The predicted molar refractivity (Wildman–Crippen MR) is 82.7 cm³/mol. The third-order valence-corrected chi connectivity index (χ3v) is 3.38. The van der Waals surface area contributed by atoms with Gasteiger partial charge in [-0.15, -0.1) is 0 Å². The van der Waals surface area contributed by atoms with Crippen LogP contribution in [0.5, 0.6) is 0 Å². The fourth-order valence-electron chi connectivity index (χ4n) is 1.84. The molecule has 100 valence electrons. The summed E-state index contributed by atoms with van der Waals surface area (Å²) in [4.78, 5) is 6.31. The Balaban J connectivity index is 2.17. The highest BCUT2D eigenvalue weighted by Crippen LogP contribution is 2.21. The van der Waals surface area contributed by atoms with Gasteiger partial charge >= 0.3 is 0 Å². The standard InChI is InChI=1S/C14H18N4S/c1-10(16-17-14(19)18(2)3)13-12-7-5-4-6-11(12)8-9-15-13/h4-10,16H,1-3H3,(H,17,19)/t10-/m0/s1. The molecule has 19 heavy (non-hydrogen) atoms. The molecule has 0 amide bonds. The molecule has 5 heteroatoms. The van der Waals surface area contributed by atoms with Crippen molar-refractivity contribution in [1.82, 2.24) is 20.7 Å². The lowest BCUT2D eigenvalue weighted by Crippen LogP contribution is -2.44. The van der Waals surface area contributed by atoms with Gasteiger partial charge in [-0.1, -0.05) is 24.3 Å². The van der Waals surface area contributed by atoms with Gasteiger partial charge in [0, 0.05) is 25.7 Å². The number of hydrogen-bond acceptors (Lipinski definition) is 3. The minimum atomic E-state index is 0.0593. The summed E-state index contributed by atoms with van der Waals surface area (Å²) in [5.41, 5.74) is 7.20. The second-order valence-corrected chi connectivity index (χ2v) is 4.99. The van der Waals surface area contributed by atoms with Crippen LogP contribution in [0.2, 0.25) is 0 Å². The van der Waals surface area contributed by atoms with Crippen molar-refractivity contribution in [3.63, 3.8) is 0 Å². The molecule has 0 fully saturated rings. The van der Waals surface area contributed by atoms with Gasteiger partial charge in [-0.05, 0) is 30.6 Å². The number of rotatable bonds is 3. The lowest BCUT2D eigenvalue weighted by atomic mass is 10.1. The van der Waals surface area contributed by atoms with Crippen LogP contribution in [0, 0.1) is 0 Å². The second kappa shape index (κ2) is 5.95. The van der Waals surface area contributed by atoms with Crippen LogP contribution < -0.4 is 10.9 Å². The lowest BCUT2D eigenvalue weighted by Gasteiger charge is -2.20. The van der Waals surface area contributed by atoms with Gasteiger partial charge in [0.2, 0.25) is 0 Å². The summed E-state index contributed by atoms with van der Waals surface area (Å²) in [7, 11) is 3.80. The largest absolute Gasteiger partial charge is 0.354 e. The fourth-order valence-corrected chi connectivity index (χ4v) is 1.90. The van der Waals surface area contributed by atoms with Gasteiger partial charge in [0.15, 0.2) is 5.11 Å². The third kappa shape index (κ3) is 3.19. The molecule has 1 heterocycles. The maximum absolute atomic E-state index is 5.17. The minimum Gasteiger partial charge on any atom is -0.354 e. The molecule has 2 N–H and O–H groups in total. The van der Waals surface area contributed by atoms with Gasteiger partial charge in [0.1, 0.15) is 0 Å². The number of benzene rings is 1. The molecular weight excluding hydrogens is 256 g/mol. The average molecular weight is 274 g/mol. The normalized spacial score (nSPS) is 12.2. The number of aromatic nitrogens is 1. The maximum atomic E-state index is 5.17. The highest BCUT2D eigenvalue weighted by Gasteiger charge is 2.10. The molecule has 2 rings (SSSR count). The first-order valence-corrected chi connectivity index (χ1v) is 6.57. The van der Waals surface area contributed by atoms with E-state index in [1.807, 2.05) is 43.4 Å². The summed E-state index contributed by atoms with van der Waals surface area (Å²) >= 11 is 5.17. The number of pyridine rings is 1. The van der Waals surface area contributed by atoms with Crippen LogP contribution in [0.15, 0.2) is 36.5 Å². The number of nitrogens with one attached hydrogen (secondary N) is 2. The summed E-state index contributed by atoms with van der Waals surface area (Å²) in [6.45, 7) is 2.06. The van der Waals surface area contributed by atoms with E-state index in [1.165, 1.54) is 5.39 Å². The third-order valence-electron chi connectivity index (χ3n) is 2.92. The molecule has 1 aromatic heterocycles. The summed E-state index contributed by atoms with van der Waals surface area (Å²) < 4.78 is 0. The van der Waals surface area contributed by atoms with Gasteiger partial charge in [0.05, 0.1) is 11.7 Å². The molecule has 1 aromatic carbocycles. The zero-order valence-corrected chi connectivity index (χ0v) is 12.2. The first-order chi connectivity index (χ1) is 9.09. The topological polar surface area (TPSA) is 40.2 Å². The van der Waals surface area contributed by atoms with Crippen molar-refractivity contribution in [2.45, 2.75) is 13.0 Å². The van der Waals surface area contributed by atoms with Gasteiger partial charge < -0.3 is 4.90 Å². The summed E-state index contributed by atoms with van der Waals surface area (Å²) in [6, 6.07) is 10.3. The summed E-state index contributed by atoms with van der Waals surface area (Å²) in [5.74, 6) is 0. The number of fused-ring (bicyclic) bond motifs is 1. The van der Waals surface area contributed by atoms with E-state index in [0.717, 1.165) is 11.1 Å². The molecule has 0 spiro atoms. The minimum absolute atomic E-state index is 0.0593. The highest BCUT2D eigenvalue weighted by molar-refractivity contribution is 7.80. The number of thiocarbonyl (C=S) groups is 1. The fraction of sp³-hybridized carbons (Fsp3) is 0.286. The van der Waals surface area contributed by atoms with Gasteiger partial charge in [-0.25, -0.2) is 5.43 Å². The van der Waals surface area contributed by atoms with Gasteiger partial charge in [-0.3, -0.25) is 10.4 Å². The molecule has 0 aliphatic heterocycles. The van der Waals surface area contributed by atoms with Crippen LogP contribution >= 0.6 is 12.2 Å². The summed E-state index contributed by atoms with van der Waals surface area (Å²) in [6.07, 6.45) is 1.83. The Morgan fingerprint density at radius 1 is 1.26 bits per heavy atom. The smallest absolute Gasteiger partial charge is 0.182 e. The quantitative estimate of drug-likeness (QED) is 0.663. The Bertz CT molecular complexity index is 577. The zero-order valence-electron chi connectivity index (χ0n) is 11.3. The van der Waals surface area contributed by atoms with Crippen molar-refractivity contribution < 1.29 is 0 Å². The van der Waals surface area contributed by atoms with E-state index in [2.05, 4.69) is 34.9 Å². The Labute approximate surface area is 118 Å². The summed E-state index contributed by atoms with van der Waals surface area (Å²) in [5, 5.41) is 2.99. The zero-order chi connectivity index (χ0) is 13.8. The molecule has 0 unspecified atom stereocenters. The molecule has 1 atom stereocenters. The van der Waals surface area contributed by atoms with E-state index in [-0.39, 0.29) is 6.04 Å². The van der Waals surface area contributed by atoms with E-state index in [9.17, 15) is 0 Å². The highest BCUT2D eigenvalue weighted by atomic mass is 32.1. The first kappa shape index (κ1) is 13.7. The van der Waals surface area contributed by atoms with Crippen LogP contribution in [-0.2, 0) is 0 Å². The molecule has 0 bridgehead atoms. The molecule has 2 aromatic rings. The van der Waals surface area contributed by atoms with Crippen LogP contribution in [-0.4, -0.2) is 29.1 Å². The molecule has 0 aliphatic carbocycles. The van der Waals surface area contributed by atoms with Gasteiger partial charge in [-0.2, -0.15) is 0 Å². The van der Waals surface area contributed by atoms with Crippen molar-refractivity contribution in [2.24, 2.45) is 0 Å². The number of nitrogens with zero attached hydrogens (tertiary/aromatic N) is 2. The molecule has 4 nitrogen and oxygen atoms in total.